The van der Waals surface area contributed by atoms with Crippen LogP contribution in [0.15, 0.2) is 29.2 Å². The van der Waals surface area contributed by atoms with Crippen molar-refractivity contribution in [1.82, 2.24) is 10.2 Å². The zero-order valence-corrected chi connectivity index (χ0v) is 19.2. The van der Waals surface area contributed by atoms with Gasteiger partial charge in [-0.2, -0.15) is 0 Å². The van der Waals surface area contributed by atoms with Crippen molar-refractivity contribution in [3.05, 3.63) is 24.3 Å². The van der Waals surface area contributed by atoms with E-state index in [-0.39, 0.29) is 23.1 Å². The average Bonchev–Trinajstić information content (AvgIpc) is 3.41. The fourth-order valence-electron chi connectivity index (χ4n) is 4.50. The van der Waals surface area contributed by atoms with Crippen LogP contribution in [0.25, 0.3) is 0 Å². The molecule has 1 unspecified atom stereocenters. The molecule has 2 heterocycles. The summed E-state index contributed by atoms with van der Waals surface area (Å²) in [4.78, 5) is 28.2. The minimum absolute atomic E-state index is 0.0256. The van der Waals surface area contributed by atoms with Crippen LogP contribution in [-0.2, 0) is 19.3 Å². The van der Waals surface area contributed by atoms with E-state index in [1.807, 2.05) is 4.90 Å². The number of likely N-dealkylation sites (tertiary alicyclic amines) is 1. The van der Waals surface area contributed by atoms with Crippen LogP contribution >= 0.6 is 0 Å². The maximum Gasteiger partial charge on any atom is 0.414 e. The van der Waals surface area contributed by atoms with Crippen LogP contribution in [0.4, 0.5) is 15.3 Å². The van der Waals surface area contributed by atoms with E-state index in [4.69, 9.17) is 9.47 Å². The van der Waals surface area contributed by atoms with Gasteiger partial charge in [-0.3, -0.25) is 4.90 Å². The zero-order chi connectivity index (χ0) is 22.7. The number of cyclic esters (lactones) is 1. The Morgan fingerprint density at radius 1 is 1.12 bits per heavy atom. The molecule has 1 aliphatic carbocycles. The van der Waals surface area contributed by atoms with Crippen LogP contribution in [0, 0.1) is 0 Å². The summed E-state index contributed by atoms with van der Waals surface area (Å²) in [5.41, 5.74) is 0.589. The maximum absolute atomic E-state index is 12.4. The third kappa shape index (κ3) is 5.53. The van der Waals surface area contributed by atoms with Gasteiger partial charge in [-0.15, -0.1) is 0 Å². The molecule has 1 saturated carbocycles. The molecule has 0 aromatic heterocycles. The Kier molecular flexibility index (Phi) is 6.90. The average molecular weight is 466 g/mol. The first-order chi connectivity index (χ1) is 15.3. The molecule has 176 valence electrons. The minimum Gasteiger partial charge on any atom is -0.441 e. The standard InChI is InChI=1S/C22H31N3O6S/c1-32(28,29)20-8-6-17(7-9-20)25-14-19(31-22(25)27)15-30-18-10-12-24(13-11-18)21(26)23-16-4-2-3-5-16/h6-9,16,18-19H,2-5,10-15H2,1H3,(H,23,26). The van der Waals surface area contributed by atoms with Gasteiger partial charge in [0.1, 0.15) is 6.10 Å². The number of benzene rings is 1. The first kappa shape index (κ1) is 22.8. The molecule has 1 aromatic carbocycles. The number of carbonyl (C=O) groups excluding carboxylic acids is 2. The van der Waals surface area contributed by atoms with Crippen LogP contribution in [0.1, 0.15) is 38.5 Å². The van der Waals surface area contributed by atoms with E-state index in [0.29, 0.717) is 38.0 Å². The number of amides is 3. The summed E-state index contributed by atoms with van der Waals surface area (Å²) in [6, 6.07) is 6.52. The number of ether oxygens (including phenoxy) is 2. The summed E-state index contributed by atoms with van der Waals surface area (Å²) in [5, 5.41) is 3.13. The molecule has 9 nitrogen and oxygen atoms in total. The Bertz CT molecular complexity index is 921. The van der Waals surface area contributed by atoms with E-state index in [1.54, 1.807) is 12.1 Å². The van der Waals surface area contributed by atoms with Crippen LogP contribution in [0.5, 0.6) is 0 Å². The monoisotopic (exact) mass is 465 g/mol. The maximum atomic E-state index is 12.4. The molecule has 0 spiro atoms. The number of hydrogen-bond donors (Lipinski definition) is 1. The molecule has 0 radical (unpaired) electrons. The molecule has 3 amide bonds. The van der Waals surface area contributed by atoms with Gasteiger partial charge >= 0.3 is 12.1 Å². The van der Waals surface area contributed by atoms with Gasteiger partial charge in [0.05, 0.1) is 24.2 Å². The quantitative estimate of drug-likeness (QED) is 0.692. The summed E-state index contributed by atoms with van der Waals surface area (Å²) in [7, 11) is -3.29. The third-order valence-corrected chi connectivity index (χ3v) is 7.51. The summed E-state index contributed by atoms with van der Waals surface area (Å²) in [6.07, 6.45) is 6.37. The molecule has 2 aliphatic heterocycles. The highest BCUT2D eigenvalue weighted by molar-refractivity contribution is 7.90. The van der Waals surface area contributed by atoms with Crippen molar-refractivity contribution in [3.8, 4) is 0 Å². The SMILES string of the molecule is CS(=O)(=O)c1ccc(N2CC(COC3CCN(C(=O)NC4CCCC4)CC3)OC2=O)cc1. The van der Waals surface area contributed by atoms with E-state index < -0.39 is 15.9 Å². The fourth-order valence-corrected chi connectivity index (χ4v) is 5.13. The van der Waals surface area contributed by atoms with Crippen molar-refractivity contribution < 1.29 is 27.5 Å². The molecule has 32 heavy (non-hydrogen) atoms. The Balaban J connectivity index is 1.21. The molecular formula is C22H31N3O6S. The third-order valence-electron chi connectivity index (χ3n) is 6.38. The number of anilines is 1. The summed E-state index contributed by atoms with van der Waals surface area (Å²) < 4.78 is 34.6. The molecule has 1 atom stereocenters. The van der Waals surface area contributed by atoms with Gasteiger partial charge < -0.3 is 19.7 Å². The summed E-state index contributed by atoms with van der Waals surface area (Å²) in [6.45, 7) is 1.96. The van der Waals surface area contributed by atoms with Gasteiger partial charge in [0, 0.05) is 31.1 Å². The molecule has 3 fully saturated rings. The summed E-state index contributed by atoms with van der Waals surface area (Å²) >= 11 is 0. The van der Waals surface area contributed by atoms with E-state index >= 15 is 0 Å². The second kappa shape index (κ2) is 9.66. The predicted octanol–water partition coefficient (Wildman–Crippen LogP) is 2.55. The highest BCUT2D eigenvalue weighted by Crippen LogP contribution is 2.24. The van der Waals surface area contributed by atoms with E-state index in [9.17, 15) is 18.0 Å². The van der Waals surface area contributed by atoms with E-state index in [1.165, 1.54) is 29.9 Å². The lowest BCUT2D eigenvalue weighted by Crippen LogP contribution is -2.48. The smallest absolute Gasteiger partial charge is 0.414 e. The lowest BCUT2D eigenvalue weighted by atomic mass is 10.1. The van der Waals surface area contributed by atoms with Gasteiger partial charge in [-0.1, -0.05) is 12.8 Å². The lowest BCUT2D eigenvalue weighted by molar-refractivity contribution is -0.0229. The molecular weight excluding hydrogens is 434 g/mol. The minimum atomic E-state index is -3.29. The fraction of sp³-hybridized carbons (Fsp3) is 0.636. The van der Waals surface area contributed by atoms with Gasteiger partial charge in [0.25, 0.3) is 0 Å². The van der Waals surface area contributed by atoms with Crippen LogP contribution in [-0.4, -0.2) is 76.2 Å². The number of urea groups is 1. The number of carbonyl (C=O) groups is 2. The second-order valence-corrected chi connectivity index (χ2v) is 10.8. The Labute approximate surface area is 188 Å². The number of hydrogen-bond acceptors (Lipinski definition) is 6. The zero-order valence-electron chi connectivity index (χ0n) is 18.4. The van der Waals surface area contributed by atoms with Crippen LogP contribution in [0.3, 0.4) is 0 Å². The largest absolute Gasteiger partial charge is 0.441 e. The molecule has 2 saturated heterocycles. The molecule has 1 aromatic rings. The summed E-state index contributed by atoms with van der Waals surface area (Å²) in [5.74, 6) is 0. The van der Waals surface area contributed by atoms with Crippen molar-refractivity contribution in [1.29, 1.82) is 0 Å². The molecule has 1 N–H and O–H groups in total. The van der Waals surface area contributed by atoms with Crippen molar-refractivity contribution >= 4 is 27.6 Å². The molecule has 3 aliphatic rings. The van der Waals surface area contributed by atoms with Crippen molar-refractivity contribution in [3.63, 3.8) is 0 Å². The number of nitrogens with zero attached hydrogens (tertiary/aromatic N) is 2. The van der Waals surface area contributed by atoms with Gasteiger partial charge in [-0.05, 0) is 49.9 Å². The Hall–Kier alpha value is -2.33. The first-order valence-electron chi connectivity index (χ1n) is 11.2. The number of nitrogens with one attached hydrogen (secondary N) is 1. The number of piperidine rings is 1. The Morgan fingerprint density at radius 3 is 2.41 bits per heavy atom. The van der Waals surface area contributed by atoms with Gasteiger partial charge in [0.15, 0.2) is 9.84 Å². The highest BCUT2D eigenvalue weighted by atomic mass is 32.2. The lowest BCUT2D eigenvalue weighted by Gasteiger charge is -2.33. The van der Waals surface area contributed by atoms with Gasteiger partial charge in [0.2, 0.25) is 0 Å². The second-order valence-electron chi connectivity index (χ2n) is 8.83. The van der Waals surface area contributed by atoms with Crippen molar-refractivity contribution in [2.45, 2.75) is 61.7 Å². The normalized spacial score (nSPS) is 22.9. The van der Waals surface area contributed by atoms with E-state index in [2.05, 4.69) is 5.32 Å². The first-order valence-corrected chi connectivity index (χ1v) is 13.1. The molecule has 10 heteroatoms. The predicted molar refractivity (Wildman–Crippen MR) is 119 cm³/mol. The van der Waals surface area contributed by atoms with Crippen LogP contribution in [0.2, 0.25) is 0 Å². The Morgan fingerprint density at radius 2 is 1.78 bits per heavy atom. The van der Waals surface area contributed by atoms with Crippen molar-refractivity contribution in [2.24, 2.45) is 0 Å². The highest BCUT2D eigenvalue weighted by Gasteiger charge is 2.34. The van der Waals surface area contributed by atoms with Crippen LogP contribution < -0.4 is 10.2 Å². The molecule has 0 bridgehead atoms. The number of sulfone groups is 1. The molecule has 4 rings (SSSR count). The number of rotatable bonds is 6. The van der Waals surface area contributed by atoms with E-state index in [0.717, 1.165) is 31.9 Å². The van der Waals surface area contributed by atoms with Gasteiger partial charge in [-0.25, -0.2) is 18.0 Å². The topological polar surface area (TPSA) is 105 Å². The van der Waals surface area contributed by atoms with Crippen molar-refractivity contribution in [2.75, 3.05) is 37.4 Å².